The highest BCUT2D eigenvalue weighted by Crippen LogP contribution is 2.28. The van der Waals surface area contributed by atoms with E-state index in [0.29, 0.717) is 0 Å². The Labute approximate surface area is 117 Å². The van der Waals surface area contributed by atoms with E-state index in [9.17, 15) is 24.9 Å². The molecule has 2 rings (SSSR count). The van der Waals surface area contributed by atoms with Crippen LogP contribution < -0.4 is 11.2 Å². The number of rotatable bonds is 4. The second kappa shape index (κ2) is 6.05. The number of aliphatic hydroxyl groups is 5. The Balaban J connectivity index is 2.45. The number of aromatic nitrogens is 2. The molecule has 0 aliphatic carbocycles. The van der Waals surface area contributed by atoms with Gasteiger partial charge in [-0.15, -0.1) is 0 Å². The maximum atomic E-state index is 11.8. The van der Waals surface area contributed by atoms with Crippen molar-refractivity contribution >= 4 is 0 Å². The molecule has 1 fully saturated rings. The monoisotopic (exact) mass is 304 g/mol. The summed E-state index contributed by atoms with van der Waals surface area (Å²) in [5, 5.41) is 46.9. The molecular formula is C11H16N2O8. The second-order valence-corrected chi connectivity index (χ2v) is 4.68. The van der Waals surface area contributed by atoms with Crippen LogP contribution in [0, 0.1) is 0 Å². The average molecular weight is 304 g/mol. The van der Waals surface area contributed by atoms with Crippen LogP contribution in [0.15, 0.2) is 15.8 Å². The van der Waals surface area contributed by atoms with Crippen molar-refractivity contribution in [3.05, 3.63) is 32.6 Å². The van der Waals surface area contributed by atoms with Crippen LogP contribution in [0.3, 0.4) is 0 Å². The number of nitrogens with zero attached hydrogens (tertiary/aromatic N) is 1. The first kappa shape index (κ1) is 15.8. The van der Waals surface area contributed by atoms with E-state index < -0.39 is 55.1 Å². The van der Waals surface area contributed by atoms with Gasteiger partial charge in [-0.05, 0) is 0 Å². The Morgan fingerprint density at radius 2 is 1.95 bits per heavy atom. The van der Waals surface area contributed by atoms with Crippen molar-refractivity contribution in [3.63, 3.8) is 0 Å². The minimum atomic E-state index is -1.52. The molecule has 6 N–H and O–H groups in total. The fourth-order valence-electron chi connectivity index (χ4n) is 2.14. The molecule has 1 aromatic rings. The Hall–Kier alpha value is -1.56. The summed E-state index contributed by atoms with van der Waals surface area (Å²) in [4.78, 5) is 25.2. The first-order valence-electron chi connectivity index (χ1n) is 6.17. The van der Waals surface area contributed by atoms with Crippen molar-refractivity contribution < 1.29 is 30.3 Å². The maximum Gasteiger partial charge on any atom is 0.330 e. The molecule has 0 radical (unpaired) electrons. The van der Waals surface area contributed by atoms with E-state index in [1.54, 1.807) is 0 Å². The zero-order valence-electron chi connectivity index (χ0n) is 10.8. The predicted molar refractivity (Wildman–Crippen MR) is 66.4 cm³/mol. The lowest BCUT2D eigenvalue weighted by molar-refractivity contribution is -0.0554. The lowest BCUT2D eigenvalue weighted by Crippen LogP contribution is -2.39. The van der Waals surface area contributed by atoms with E-state index in [4.69, 9.17) is 14.9 Å². The van der Waals surface area contributed by atoms with Gasteiger partial charge in [-0.3, -0.25) is 14.3 Å². The zero-order valence-corrected chi connectivity index (χ0v) is 10.8. The van der Waals surface area contributed by atoms with E-state index in [1.165, 1.54) is 0 Å². The number of aromatic amines is 1. The van der Waals surface area contributed by atoms with Crippen LogP contribution in [0.1, 0.15) is 17.9 Å². The summed E-state index contributed by atoms with van der Waals surface area (Å²) >= 11 is 0. The van der Waals surface area contributed by atoms with Crippen LogP contribution in [0.5, 0.6) is 0 Å². The summed E-state index contributed by atoms with van der Waals surface area (Å²) < 4.78 is 5.93. The van der Waals surface area contributed by atoms with E-state index in [1.807, 2.05) is 4.98 Å². The van der Waals surface area contributed by atoms with Gasteiger partial charge in [-0.1, -0.05) is 0 Å². The summed E-state index contributed by atoms with van der Waals surface area (Å²) in [6, 6.07) is 0. The third-order valence-electron chi connectivity index (χ3n) is 3.32. The van der Waals surface area contributed by atoms with Crippen molar-refractivity contribution in [2.24, 2.45) is 0 Å². The fourth-order valence-corrected chi connectivity index (χ4v) is 2.14. The summed E-state index contributed by atoms with van der Waals surface area (Å²) in [5.74, 6) is 0. The van der Waals surface area contributed by atoms with Crippen LogP contribution in [-0.4, -0.2) is 66.6 Å². The zero-order chi connectivity index (χ0) is 15.7. The molecule has 1 saturated heterocycles. The van der Waals surface area contributed by atoms with E-state index in [-0.39, 0.29) is 5.56 Å². The third-order valence-corrected chi connectivity index (χ3v) is 3.32. The summed E-state index contributed by atoms with van der Waals surface area (Å²) in [6.07, 6.45) is -5.93. The molecule has 0 bridgehead atoms. The Kier molecular flexibility index (Phi) is 4.56. The number of hydrogen-bond acceptors (Lipinski definition) is 8. The number of H-pyrrole nitrogens is 1. The fraction of sp³-hybridized carbons (Fsp3) is 0.636. The Morgan fingerprint density at radius 3 is 2.48 bits per heavy atom. The first-order valence-corrected chi connectivity index (χ1v) is 6.17. The summed E-state index contributed by atoms with van der Waals surface area (Å²) in [5.41, 5.74) is -2.11. The second-order valence-electron chi connectivity index (χ2n) is 4.68. The largest absolute Gasteiger partial charge is 0.394 e. The molecule has 1 aliphatic rings. The van der Waals surface area contributed by atoms with Gasteiger partial charge >= 0.3 is 5.69 Å². The minimum Gasteiger partial charge on any atom is -0.394 e. The quantitative estimate of drug-likeness (QED) is 0.329. The van der Waals surface area contributed by atoms with Gasteiger partial charge < -0.3 is 30.3 Å². The highest BCUT2D eigenvalue weighted by Gasteiger charge is 2.43. The van der Waals surface area contributed by atoms with E-state index in [2.05, 4.69) is 0 Å². The topological polar surface area (TPSA) is 165 Å². The molecule has 10 nitrogen and oxygen atoms in total. The number of hydrogen-bond donors (Lipinski definition) is 6. The van der Waals surface area contributed by atoms with Gasteiger partial charge in [0.05, 0.1) is 18.8 Å². The summed E-state index contributed by atoms with van der Waals surface area (Å²) in [7, 11) is 0. The van der Waals surface area contributed by atoms with Crippen molar-refractivity contribution in [3.8, 4) is 0 Å². The molecule has 118 valence electrons. The van der Waals surface area contributed by atoms with Gasteiger partial charge in [0.2, 0.25) is 0 Å². The van der Waals surface area contributed by atoms with Crippen molar-refractivity contribution in [1.82, 2.24) is 9.55 Å². The standard InChI is InChI=1S/C11H16N2O8/c14-2-5(16)4-1-13(11(20)12-9(4)19)10-8(18)7(17)6(3-15)21-10/h1,5-8,10,14-18H,2-3H2,(H,12,19,20). The molecule has 0 saturated carbocycles. The SMILES string of the molecule is O=c1[nH]c(=O)n(C2OC(CO)C(O)C2O)cc1C(O)CO. The maximum absolute atomic E-state index is 11.8. The lowest BCUT2D eigenvalue weighted by Gasteiger charge is -2.18. The first-order chi connectivity index (χ1) is 9.90. The molecule has 21 heavy (non-hydrogen) atoms. The molecule has 5 unspecified atom stereocenters. The van der Waals surface area contributed by atoms with Crippen molar-refractivity contribution in [2.45, 2.75) is 30.6 Å². The number of ether oxygens (including phenoxy) is 1. The van der Waals surface area contributed by atoms with Crippen LogP contribution >= 0.6 is 0 Å². The normalized spacial score (nSPS) is 30.5. The van der Waals surface area contributed by atoms with Crippen molar-refractivity contribution in [2.75, 3.05) is 13.2 Å². The average Bonchev–Trinajstić information content (AvgIpc) is 2.74. The molecule has 0 aromatic carbocycles. The molecule has 0 amide bonds. The van der Waals surface area contributed by atoms with Gasteiger partial charge in [0.25, 0.3) is 5.56 Å². The highest BCUT2D eigenvalue weighted by atomic mass is 16.6. The van der Waals surface area contributed by atoms with Crippen LogP contribution in [0.25, 0.3) is 0 Å². The highest BCUT2D eigenvalue weighted by molar-refractivity contribution is 5.09. The van der Waals surface area contributed by atoms with E-state index >= 15 is 0 Å². The number of nitrogens with one attached hydrogen (secondary N) is 1. The number of aliphatic hydroxyl groups excluding tert-OH is 5. The molecule has 1 aromatic heterocycles. The molecule has 5 atom stereocenters. The Bertz CT molecular complexity index is 611. The van der Waals surface area contributed by atoms with Gasteiger partial charge in [0.1, 0.15) is 24.4 Å². The van der Waals surface area contributed by atoms with Gasteiger partial charge in [0.15, 0.2) is 6.23 Å². The van der Waals surface area contributed by atoms with Crippen LogP contribution in [0.4, 0.5) is 0 Å². The van der Waals surface area contributed by atoms with Crippen molar-refractivity contribution in [1.29, 1.82) is 0 Å². The van der Waals surface area contributed by atoms with Gasteiger partial charge in [-0.25, -0.2) is 4.79 Å². The van der Waals surface area contributed by atoms with Crippen LogP contribution in [-0.2, 0) is 4.74 Å². The van der Waals surface area contributed by atoms with Gasteiger partial charge in [0, 0.05) is 6.20 Å². The molecular weight excluding hydrogens is 288 g/mol. The van der Waals surface area contributed by atoms with E-state index in [0.717, 1.165) is 10.8 Å². The summed E-state index contributed by atoms with van der Waals surface area (Å²) in [6.45, 7) is -1.31. The van der Waals surface area contributed by atoms with Gasteiger partial charge in [-0.2, -0.15) is 0 Å². The molecule has 1 aliphatic heterocycles. The third kappa shape index (κ3) is 2.77. The smallest absolute Gasteiger partial charge is 0.330 e. The molecule has 0 spiro atoms. The minimum absolute atomic E-state index is 0.296. The van der Waals surface area contributed by atoms with Crippen LogP contribution in [0.2, 0.25) is 0 Å². The molecule has 2 heterocycles. The Morgan fingerprint density at radius 1 is 1.29 bits per heavy atom. The lowest BCUT2D eigenvalue weighted by atomic mass is 10.1. The predicted octanol–water partition coefficient (Wildman–Crippen LogP) is -3.83. The molecule has 10 heteroatoms.